The van der Waals surface area contributed by atoms with Crippen molar-refractivity contribution in [1.82, 2.24) is 0 Å². The van der Waals surface area contributed by atoms with Crippen molar-refractivity contribution >= 4 is 21.4 Å². The molecule has 1 heterocycles. The smallest absolute Gasteiger partial charge is 0.0746 e. The van der Waals surface area contributed by atoms with Crippen molar-refractivity contribution < 1.29 is 0 Å². The van der Waals surface area contributed by atoms with E-state index in [-0.39, 0.29) is 0 Å². The number of hydrogen-bond donors (Lipinski definition) is 1. The van der Waals surface area contributed by atoms with Crippen LogP contribution < -0.4 is 10.6 Å². The van der Waals surface area contributed by atoms with E-state index in [2.05, 4.69) is 62.6 Å². The summed E-state index contributed by atoms with van der Waals surface area (Å²) >= 11 is 0. The third-order valence-corrected chi connectivity index (χ3v) is 8.19. The van der Waals surface area contributed by atoms with Gasteiger partial charge in [-0.2, -0.15) is 0 Å². The maximum Gasteiger partial charge on any atom is 0.0746 e. The van der Waals surface area contributed by atoms with Crippen LogP contribution in [0.15, 0.2) is 51.2 Å². The van der Waals surface area contributed by atoms with E-state index in [0.717, 1.165) is 16.3 Å². The number of thiol groups is 1. The Kier molecular flexibility index (Phi) is 2.31. The maximum atomic E-state index is 4.84. The molecule has 1 nitrogen and oxygen atoms in total. The second-order valence-electron chi connectivity index (χ2n) is 6.72. The Morgan fingerprint density at radius 1 is 0.947 bits per heavy atom. The van der Waals surface area contributed by atoms with Gasteiger partial charge in [-0.25, -0.2) is 14.2 Å². The number of benzene rings is 2. The zero-order chi connectivity index (χ0) is 13.9. The fourth-order valence-corrected chi connectivity index (χ4v) is 6.29. The third kappa shape index (κ3) is 1.74. The van der Waals surface area contributed by atoms with Gasteiger partial charge in [0, 0.05) is 9.79 Å². The van der Waals surface area contributed by atoms with Gasteiger partial charge in [0.1, 0.15) is 0 Å². The highest BCUT2D eigenvalue weighted by atomic mass is 32.3. The molecule has 0 aromatic heterocycles. The first kappa shape index (κ1) is 12.5. The Bertz CT molecular complexity index is 794. The lowest BCUT2D eigenvalue weighted by Crippen LogP contribution is -2.27. The zero-order valence-corrected chi connectivity index (χ0v) is 13.0. The SMILES string of the molecule is C=c1ccc2c(c1)[SH](C)(C)(C)c1cc(C)ccc1N=2. The molecule has 0 N–H and O–H groups in total. The molecule has 3 rings (SSSR count). The van der Waals surface area contributed by atoms with Crippen LogP contribution in [0.5, 0.6) is 0 Å². The van der Waals surface area contributed by atoms with E-state index >= 15 is 0 Å². The van der Waals surface area contributed by atoms with Gasteiger partial charge in [0.15, 0.2) is 0 Å². The molecule has 0 unspecified atom stereocenters. The van der Waals surface area contributed by atoms with Gasteiger partial charge in [0.05, 0.1) is 11.0 Å². The normalized spacial score (nSPS) is 20.3. The molecule has 2 aromatic rings. The van der Waals surface area contributed by atoms with E-state index < -0.39 is 9.16 Å². The average Bonchev–Trinajstić information content (AvgIpc) is 2.31. The van der Waals surface area contributed by atoms with Crippen LogP contribution in [0.4, 0.5) is 5.69 Å². The molecule has 1 aliphatic heterocycles. The predicted octanol–water partition coefficient (Wildman–Crippen LogP) is 3.05. The van der Waals surface area contributed by atoms with Gasteiger partial charge >= 0.3 is 0 Å². The molecule has 19 heavy (non-hydrogen) atoms. The van der Waals surface area contributed by atoms with Crippen LogP contribution in [0.2, 0.25) is 0 Å². The first-order valence-corrected chi connectivity index (χ1v) is 10.1. The minimum atomic E-state index is -2.11. The Morgan fingerprint density at radius 3 is 2.42 bits per heavy atom. The monoisotopic (exact) mass is 271 g/mol. The van der Waals surface area contributed by atoms with Crippen LogP contribution in [0.1, 0.15) is 5.56 Å². The Morgan fingerprint density at radius 2 is 1.68 bits per heavy atom. The van der Waals surface area contributed by atoms with Crippen LogP contribution in [0.3, 0.4) is 0 Å². The quantitative estimate of drug-likeness (QED) is 0.707. The number of nitrogens with zero attached hydrogens (tertiary/aromatic N) is 1. The minimum absolute atomic E-state index is 1.07. The van der Waals surface area contributed by atoms with Crippen molar-refractivity contribution in [2.24, 2.45) is 4.99 Å². The molecule has 0 fully saturated rings. The van der Waals surface area contributed by atoms with Gasteiger partial charge in [0.25, 0.3) is 0 Å². The molecule has 1 aliphatic rings. The first-order chi connectivity index (χ1) is 8.76. The molecule has 0 spiro atoms. The molecule has 2 aromatic carbocycles. The van der Waals surface area contributed by atoms with Crippen molar-refractivity contribution in [3.8, 4) is 0 Å². The predicted molar refractivity (Wildman–Crippen MR) is 86.9 cm³/mol. The molecule has 0 aliphatic carbocycles. The van der Waals surface area contributed by atoms with Crippen molar-refractivity contribution in [2.75, 3.05) is 18.8 Å². The molecule has 0 saturated carbocycles. The minimum Gasteiger partial charge on any atom is -0.247 e. The highest BCUT2D eigenvalue weighted by Gasteiger charge is 2.35. The van der Waals surface area contributed by atoms with Crippen molar-refractivity contribution in [1.29, 1.82) is 0 Å². The Balaban J connectivity index is 2.53. The molecular formula is C17H21NS. The second-order valence-corrected chi connectivity index (χ2v) is 13.3. The van der Waals surface area contributed by atoms with E-state index in [4.69, 9.17) is 4.99 Å². The lowest BCUT2D eigenvalue weighted by molar-refractivity contribution is 1.12. The summed E-state index contributed by atoms with van der Waals surface area (Å²) in [7, 11) is -2.11. The highest BCUT2D eigenvalue weighted by molar-refractivity contribution is 8.48. The van der Waals surface area contributed by atoms with Gasteiger partial charge < -0.3 is 0 Å². The van der Waals surface area contributed by atoms with Gasteiger partial charge in [-0.1, -0.05) is 18.7 Å². The van der Waals surface area contributed by atoms with Gasteiger partial charge in [-0.3, -0.25) is 0 Å². The van der Waals surface area contributed by atoms with E-state index in [1.807, 2.05) is 6.07 Å². The molecule has 0 radical (unpaired) electrons. The largest absolute Gasteiger partial charge is 0.247 e. The van der Waals surface area contributed by atoms with Crippen LogP contribution >= 0.6 is 9.16 Å². The van der Waals surface area contributed by atoms with E-state index in [1.54, 1.807) is 0 Å². The summed E-state index contributed by atoms with van der Waals surface area (Å²) in [4.78, 5) is 7.64. The van der Waals surface area contributed by atoms with Crippen LogP contribution in [0.25, 0.3) is 6.58 Å². The zero-order valence-electron chi connectivity index (χ0n) is 12.1. The lowest BCUT2D eigenvalue weighted by Gasteiger charge is -2.54. The summed E-state index contributed by atoms with van der Waals surface area (Å²) < 4.78 is 0. The van der Waals surface area contributed by atoms with Gasteiger partial charge in [-0.15, -0.1) is 0 Å². The fraction of sp³-hybridized carbons (Fsp3) is 0.235. The average molecular weight is 271 g/mol. The molecule has 2 heteroatoms. The number of fused-ring (bicyclic) bond motifs is 2. The van der Waals surface area contributed by atoms with Crippen molar-refractivity contribution in [2.45, 2.75) is 16.7 Å². The first-order valence-electron chi connectivity index (χ1n) is 6.57. The summed E-state index contributed by atoms with van der Waals surface area (Å²) in [5.74, 6) is 0. The van der Waals surface area contributed by atoms with E-state index in [0.29, 0.717) is 0 Å². The molecule has 0 atom stereocenters. The standard InChI is InChI=1S/C17H21NS/c1-12-6-8-14-16(10-12)19(3,4,5)17-11-13(2)7-9-15(17)18-14/h6-11,19H,1H2,2-5H3. The van der Waals surface area contributed by atoms with Crippen LogP contribution in [-0.4, -0.2) is 18.8 Å². The van der Waals surface area contributed by atoms with E-state index in [1.165, 1.54) is 15.4 Å². The fourth-order valence-electron chi connectivity index (χ4n) is 2.90. The number of rotatable bonds is 0. The van der Waals surface area contributed by atoms with Crippen LogP contribution in [-0.2, 0) is 0 Å². The third-order valence-electron chi connectivity index (χ3n) is 4.10. The number of hydrogen-bond acceptors (Lipinski definition) is 1. The lowest BCUT2D eigenvalue weighted by atomic mass is 10.2. The van der Waals surface area contributed by atoms with Crippen LogP contribution in [0, 0.1) is 6.92 Å². The van der Waals surface area contributed by atoms with Crippen molar-refractivity contribution in [3.05, 3.63) is 52.5 Å². The summed E-state index contributed by atoms with van der Waals surface area (Å²) in [5.41, 5.74) is 2.45. The maximum absolute atomic E-state index is 4.84. The van der Waals surface area contributed by atoms with E-state index in [9.17, 15) is 0 Å². The molecule has 0 saturated heterocycles. The molecule has 100 valence electrons. The second kappa shape index (κ2) is 3.51. The molecular weight excluding hydrogens is 250 g/mol. The topological polar surface area (TPSA) is 12.4 Å². The van der Waals surface area contributed by atoms with Crippen molar-refractivity contribution in [3.63, 3.8) is 0 Å². The Labute approximate surface area is 115 Å². The molecule has 0 bridgehead atoms. The summed E-state index contributed by atoms with van der Waals surface area (Å²) in [6, 6.07) is 13.0. The summed E-state index contributed by atoms with van der Waals surface area (Å²) in [6.07, 6.45) is 7.24. The molecule has 0 amide bonds. The Hall–Kier alpha value is -1.54. The van der Waals surface area contributed by atoms with Gasteiger partial charge in [0.2, 0.25) is 0 Å². The highest BCUT2D eigenvalue weighted by Crippen LogP contribution is 2.74. The number of aryl methyl sites for hydroxylation is 1. The summed E-state index contributed by atoms with van der Waals surface area (Å²) in [5, 5.41) is 2.19. The summed E-state index contributed by atoms with van der Waals surface area (Å²) in [6.45, 7) is 6.23. The van der Waals surface area contributed by atoms with Gasteiger partial charge in [-0.05, 0) is 60.7 Å².